The molecule has 0 bridgehead atoms. The number of hydrogen-bond donors (Lipinski definition) is 0. The minimum Gasteiger partial charge on any atom is -0.355 e. The Balaban J connectivity index is 2.78. The van der Waals surface area contributed by atoms with E-state index in [1.165, 1.54) is 0 Å². The summed E-state index contributed by atoms with van der Waals surface area (Å²) >= 11 is 6.21. The Morgan fingerprint density at radius 2 is 2.42 bits per heavy atom. The molecule has 0 radical (unpaired) electrons. The van der Waals surface area contributed by atoms with Gasteiger partial charge in [-0.25, -0.2) is 0 Å². The predicted octanol–water partition coefficient (Wildman–Crippen LogP) is 2.89. The number of ether oxygens (including phenoxy) is 1. The van der Waals surface area contributed by atoms with Gasteiger partial charge in [0, 0.05) is 12.5 Å². The molecule has 1 aliphatic carbocycles. The van der Waals surface area contributed by atoms with Gasteiger partial charge in [-0.05, 0) is 13.0 Å². The highest BCUT2D eigenvalue weighted by Crippen LogP contribution is 2.33. The Hall–Kier alpha value is -0.530. The predicted molar refractivity (Wildman–Crippen MR) is 52.2 cm³/mol. The second-order valence-electron chi connectivity index (χ2n) is 2.64. The standard InChI is InChI=1S/C10H13ClO/c1-3-9-7-5-6-8-10(9,11)12-4-2/h3,5-9H,1,4H2,2H3. The molecule has 0 heterocycles. The van der Waals surface area contributed by atoms with Crippen LogP contribution in [0.4, 0.5) is 0 Å². The van der Waals surface area contributed by atoms with E-state index < -0.39 is 5.06 Å². The molecule has 0 amide bonds. The first-order valence-corrected chi connectivity index (χ1v) is 4.42. The second-order valence-corrected chi connectivity index (χ2v) is 3.23. The highest BCUT2D eigenvalue weighted by molar-refractivity contribution is 6.24. The van der Waals surface area contributed by atoms with E-state index >= 15 is 0 Å². The van der Waals surface area contributed by atoms with Crippen LogP contribution in [0.3, 0.4) is 0 Å². The molecule has 1 nitrogen and oxygen atoms in total. The summed E-state index contributed by atoms with van der Waals surface area (Å²) in [6.07, 6.45) is 9.47. The maximum absolute atomic E-state index is 6.21. The van der Waals surface area contributed by atoms with E-state index in [0.717, 1.165) is 0 Å². The lowest BCUT2D eigenvalue weighted by Crippen LogP contribution is -2.32. The van der Waals surface area contributed by atoms with Crippen molar-refractivity contribution in [2.75, 3.05) is 6.61 Å². The molecular formula is C10H13ClO. The molecule has 2 unspecified atom stereocenters. The number of alkyl halides is 1. The summed E-state index contributed by atoms with van der Waals surface area (Å²) in [7, 11) is 0. The zero-order valence-electron chi connectivity index (χ0n) is 7.16. The van der Waals surface area contributed by atoms with Crippen molar-refractivity contribution in [3.05, 3.63) is 37.0 Å². The molecule has 2 heteroatoms. The van der Waals surface area contributed by atoms with Crippen molar-refractivity contribution in [3.63, 3.8) is 0 Å². The van der Waals surface area contributed by atoms with Crippen LogP contribution in [0.15, 0.2) is 37.0 Å². The molecule has 12 heavy (non-hydrogen) atoms. The fraction of sp³-hybridized carbons (Fsp3) is 0.400. The van der Waals surface area contributed by atoms with E-state index in [4.69, 9.17) is 16.3 Å². The number of rotatable bonds is 3. The summed E-state index contributed by atoms with van der Waals surface area (Å²) in [6, 6.07) is 0. The van der Waals surface area contributed by atoms with Gasteiger partial charge >= 0.3 is 0 Å². The Kier molecular flexibility index (Phi) is 3.12. The van der Waals surface area contributed by atoms with Crippen molar-refractivity contribution in [1.29, 1.82) is 0 Å². The summed E-state index contributed by atoms with van der Waals surface area (Å²) in [4.78, 5) is 0. The van der Waals surface area contributed by atoms with Gasteiger partial charge in [-0.1, -0.05) is 35.9 Å². The van der Waals surface area contributed by atoms with Gasteiger partial charge in [0.05, 0.1) is 0 Å². The summed E-state index contributed by atoms with van der Waals surface area (Å²) < 4.78 is 5.43. The maximum Gasteiger partial charge on any atom is 0.170 e. The molecule has 0 N–H and O–H groups in total. The van der Waals surface area contributed by atoms with Gasteiger partial charge in [0.25, 0.3) is 0 Å². The molecule has 0 aliphatic heterocycles. The van der Waals surface area contributed by atoms with Gasteiger partial charge < -0.3 is 4.74 Å². The monoisotopic (exact) mass is 184 g/mol. The Bertz CT molecular complexity index is 220. The smallest absolute Gasteiger partial charge is 0.170 e. The first-order valence-electron chi connectivity index (χ1n) is 4.04. The summed E-state index contributed by atoms with van der Waals surface area (Å²) in [5, 5.41) is -0.717. The number of hydrogen-bond acceptors (Lipinski definition) is 1. The maximum atomic E-state index is 6.21. The van der Waals surface area contributed by atoms with Crippen LogP contribution >= 0.6 is 11.6 Å². The fourth-order valence-electron chi connectivity index (χ4n) is 1.22. The highest BCUT2D eigenvalue weighted by atomic mass is 35.5. The third-order valence-electron chi connectivity index (χ3n) is 1.83. The van der Waals surface area contributed by atoms with E-state index in [9.17, 15) is 0 Å². The highest BCUT2D eigenvalue weighted by Gasteiger charge is 2.32. The fourth-order valence-corrected chi connectivity index (χ4v) is 1.56. The largest absolute Gasteiger partial charge is 0.355 e. The van der Waals surface area contributed by atoms with E-state index in [-0.39, 0.29) is 5.92 Å². The van der Waals surface area contributed by atoms with E-state index in [1.807, 2.05) is 31.2 Å². The topological polar surface area (TPSA) is 9.23 Å². The quantitative estimate of drug-likeness (QED) is 0.484. The molecule has 1 aliphatic rings. The van der Waals surface area contributed by atoms with Crippen molar-refractivity contribution in [3.8, 4) is 0 Å². The van der Waals surface area contributed by atoms with Crippen LogP contribution in [0.2, 0.25) is 0 Å². The normalized spacial score (nSPS) is 33.7. The van der Waals surface area contributed by atoms with Crippen LogP contribution < -0.4 is 0 Å². The van der Waals surface area contributed by atoms with Crippen LogP contribution in [0.5, 0.6) is 0 Å². The SMILES string of the molecule is C=CC1C=CC=CC1(Cl)OCC. The number of allylic oxidation sites excluding steroid dienone is 2. The Labute approximate surface area is 78.4 Å². The Morgan fingerprint density at radius 1 is 1.67 bits per heavy atom. The molecule has 0 aromatic carbocycles. The van der Waals surface area contributed by atoms with Crippen molar-refractivity contribution in [2.24, 2.45) is 5.92 Å². The molecule has 66 valence electrons. The zero-order chi connectivity index (χ0) is 9.03. The molecule has 0 aromatic rings. The summed E-state index contributed by atoms with van der Waals surface area (Å²) in [5.41, 5.74) is 0. The number of halogens is 1. The molecule has 0 aromatic heterocycles. The molecule has 0 saturated carbocycles. The van der Waals surface area contributed by atoms with Crippen molar-refractivity contribution >= 4 is 11.6 Å². The van der Waals surface area contributed by atoms with Crippen LogP contribution in [-0.2, 0) is 4.74 Å². The Morgan fingerprint density at radius 3 is 3.00 bits per heavy atom. The first-order chi connectivity index (χ1) is 5.73. The third-order valence-corrected chi connectivity index (χ3v) is 2.31. The average Bonchev–Trinajstić information content (AvgIpc) is 2.05. The van der Waals surface area contributed by atoms with Gasteiger partial charge in [-0.2, -0.15) is 0 Å². The van der Waals surface area contributed by atoms with Crippen LogP contribution in [0.25, 0.3) is 0 Å². The molecular weight excluding hydrogens is 172 g/mol. The molecule has 0 saturated heterocycles. The van der Waals surface area contributed by atoms with E-state index in [1.54, 1.807) is 6.08 Å². The molecule has 2 atom stereocenters. The molecule has 0 fully saturated rings. The van der Waals surface area contributed by atoms with Crippen molar-refractivity contribution in [2.45, 2.75) is 12.0 Å². The van der Waals surface area contributed by atoms with Gasteiger partial charge in [0.2, 0.25) is 0 Å². The van der Waals surface area contributed by atoms with E-state index in [2.05, 4.69) is 6.58 Å². The molecule has 1 rings (SSSR count). The first kappa shape index (κ1) is 9.56. The van der Waals surface area contributed by atoms with Crippen LogP contribution in [0, 0.1) is 5.92 Å². The van der Waals surface area contributed by atoms with Gasteiger partial charge in [0.15, 0.2) is 5.06 Å². The van der Waals surface area contributed by atoms with Crippen LogP contribution in [0.1, 0.15) is 6.92 Å². The van der Waals surface area contributed by atoms with Crippen LogP contribution in [-0.4, -0.2) is 11.7 Å². The summed E-state index contributed by atoms with van der Waals surface area (Å²) in [6.45, 7) is 6.24. The third kappa shape index (κ3) is 1.79. The lowest BCUT2D eigenvalue weighted by Gasteiger charge is -2.30. The minimum atomic E-state index is -0.717. The van der Waals surface area contributed by atoms with Gasteiger partial charge in [0.1, 0.15) is 0 Å². The van der Waals surface area contributed by atoms with Crippen molar-refractivity contribution in [1.82, 2.24) is 0 Å². The zero-order valence-corrected chi connectivity index (χ0v) is 7.92. The van der Waals surface area contributed by atoms with Gasteiger partial charge in [-0.3, -0.25) is 0 Å². The second kappa shape index (κ2) is 3.92. The van der Waals surface area contributed by atoms with E-state index in [0.29, 0.717) is 6.61 Å². The average molecular weight is 185 g/mol. The lowest BCUT2D eigenvalue weighted by atomic mass is 9.97. The van der Waals surface area contributed by atoms with Gasteiger partial charge in [-0.15, -0.1) is 6.58 Å². The lowest BCUT2D eigenvalue weighted by molar-refractivity contribution is 0.0450. The summed E-state index contributed by atoms with van der Waals surface area (Å²) in [5.74, 6) is 0.0594. The van der Waals surface area contributed by atoms with Crippen molar-refractivity contribution < 1.29 is 4.74 Å². The minimum absolute atomic E-state index is 0.0594. The molecule has 0 spiro atoms.